The van der Waals surface area contributed by atoms with Crippen LogP contribution in [0.25, 0.3) is 0 Å². The second-order valence-electron chi connectivity index (χ2n) is 4.39. The maximum atomic E-state index is 11.2. The Morgan fingerprint density at radius 2 is 2.13 bits per heavy atom. The average Bonchev–Trinajstić information content (AvgIpc) is 2.12. The molecule has 1 rings (SSSR count). The van der Waals surface area contributed by atoms with Gasteiger partial charge in [-0.15, -0.1) is 0 Å². The first-order valence-corrected chi connectivity index (χ1v) is 5.81. The van der Waals surface area contributed by atoms with E-state index in [-0.39, 0.29) is 5.91 Å². The fraction of sp³-hybridized carbons (Fsp3) is 0.909. The monoisotopic (exact) mass is 214 g/mol. The van der Waals surface area contributed by atoms with Crippen molar-refractivity contribution in [2.24, 2.45) is 0 Å². The number of carbonyl (C=O) groups is 1. The van der Waals surface area contributed by atoms with Gasteiger partial charge in [0, 0.05) is 32.6 Å². The number of nitrogens with one attached hydrogen (secondary N) is 1. The lowest BCUT2D eigenvalue weighted by Crippen LogP contribution is -2.61. The molecule has 0 atom stereocenters. The smallest absolute Gasteiger partial charge is 0.221 e. The first-order chi connectivity index (χ1) is 7.09. The summed E-state index contributed by atoms with van der Waals surface area (Å²) >= 11 is 0. The highest BCUT2D eigenvalue weighted by Crippen LogP contribution is 2.25. The van der Waals surface area contributed by atoms with Crippen LogP contribution >= 0.6 is 0 Å². The van der Waals surface area contributed by atoms with Gasteiger partial charge in [0.1, 0.15) is 0 Å². The first-order valence-electron chi connectivity index (χ1n) is 5.81. The largest absolute Gasteiger partial charge is 0.387 e. The molecule has 4 heteroatoms. The first kappa shape index (κ1) is 12.5. The van der Waals surface area contributed by atoms with E-state index in [0.29, 0.717) is 13.0 Å². The summed E-state index contributed by atoms with van der Waals surface area (Å²) in [6.07, 6.45) is 2.42. The van der Waals surface area contributed by atoms with Crippen LogP contribution in [0.15, 0.2) is 0 Å². The molecule has 1 heterocycles. The molecule has 1 amide bonds. The summed E-state index contributed by atoms with van der Waals surface area (Å²) < 4.78 is 0. The fourth-order valence-corrected chi connectivity index (χ4v) is 2.11. The van der Waals surface area contributed by atoms with Crippen molar-refractivity contribution in [3.63, 3.8) is 0 Å². The number of β-amino-alcohol motifs (C(OH)–C–C–N with tert-alkyl or cyclic N) is 1. The molecule has 1 aliphatic rings. The Morgan fingerprint density at radius 3 is 2.67 bits per heavy atom. The zero-order chi connectivity index (χ0) is 11.3. The molecule has 0 unspecified atom stereocenters. The summed E-state index contributed by atoms with van der Waals surface area (Å²) in [5.41, 5.74) is -0.476. The predicted octanol–water partition coefficient (Wildman–Crippen LogP) is 0.359. The molecule has 0 saturated carbocycles. The van der Waals surface area contributed by atoms with Crippen LogP contribution in [-0.2, 0) is 4.79 Å². The van der Waals surface area contributed by atoms with Crippen molar-refractivity contribution in [2.45, 2.75) is 38.7 Å². The van der Waals surface area contributed by atoms with E-state index in [1.54, 1.807) is 0 Å². The van der Waals surface area contributed by atoms with E-state index in [1.165, 1.54) is 0 Å². The Balaban J connectivity index is 2.10. The van der Waals surface area contributed by atoms with Crippen LogP contribution in [0.2, 0.25) is 0 Å². The molecule has 2 N–H and O–H groups in total. The third-order valence-corrected chi connectivity index (χ3v) is 2.78. The van der Waals surface area contributed by atoms with Gasteiger partial charge in [-0.1, -0.05) is 13.3 Å². The van der Waals surface area contributed by atoms with Gasteiger partial charge in [-0.3, -0.25) is 9.69 Å². The Kier molecular flexibility index (Phi) is 4.54. The van der Waals surface area contributed by atoms with Crippen molar-refractivity contribution in [2.75, 3.05) is 26.2 Å². The summed E-state index contributed by atoms with van der Waals surface area (Å²) in [4.78, 5) is 13.3. The van der Waals surface area contributed by atoms with E-state index in [4.69, 9.17) is 0 Å². The van der Waals surface area contributed by atoms with E-state index in [9.17, 15) is 9.90 Å². The molecular weight excluding hydrogens is 192 g/mol. The molecule has 0 aromatic heterocycles. The van der Waals surface area contributed by atoms with E-state index in [1.807, 2.05) is 6.92 Å². The standard InChI is InChI=1S/C11H22N2O2/c1-3-6-11(15)8-13(9-11)7-5-10(14)12-4-2/h15H,3-9H2,1-2H3,(H,12,14). The van der Waals surface area contributed by atoms with Crippen LogP contribution in [-0.4, -0.2) is 47.7 Å². The number of carbonyl (C=O) groups excluding carboxylic acids is 1. The summed E-state index contributed by atoms with van der Waals surface area (Å²) in [5, 5.41) is 12.7. The SMILES string of the molecule is CCCC1(O)CN(CCC(=O)NCC)C1. The van der Waals surface area contributed by atoms with E-state index < -0.39 is 5.60 Å². The van der Waals surface area contributed by atoms with Gasteiger partial charge < -0.3 is 10.4 Å². The number of amides is 1. The molecule has 0 radical (unpaired) electrons. The molecule has 0 aromatic carbocycles. The van der Waals surface area contributed by atoms with E-state index in [2.05, 4.69) is 17.1 Å². The Morgan fingerprint density at radius 1 is 1.47 bits per heavy atom. The molecule has 1 saturated heterocycles. The third kappa shape index (κ3) is 3.80. The van der Waals surface area contributed by atoms with Crippen molar-refractivity contribution in [1.29, 1.82) is 0 Å². The molecule has 1 aliphatic heterocycles. The molecule has 0 spiro atoms. The van der Waals surface area contributed by atoms with Crippen molar-refractivity contribution < 1.29 is 9.90 Å². The zero-order valence-electron chi connectivity index (χ0n) is 9.75. The number of hydrogen-bond acceptors (Lipinski definition) is 3. The molecular formula is C11H22N2O2. The van der Waals surface area contributed by atoms with E-state index in [0.717, 1.165) is 32.5 Å². The van der Waals surface area contributed by atoms with Gasteiger partial charge in [-0.25, -0.2) is 0 Å². The van der Waals surface area contributed by atoms with Crippen LogP contribution in [0.1, 0.15) is 33.1 Å². The Labute approximate surface area is 91.6 Å². The number of rotatable bonds is 6. The summed E-state index contributed by atoms with van der Waals surface area (Å²) in [7, 11) is 0. The predicted molar refractivity (Wildman–Crippen MR) is 59.6 cm³/mol. The number of hydrogen-bond donors (Lipinski definition) is 2. The van der Waals surface area contributed by atoms with Crippen molar-refractivity contribution in [1.82, 2.24) is 10.2 Å². The second kappa shape index (κ2) is 5.47. The Bertz CT molecular complexity index is 213. The van der Waals surface area contributed by atoms with Gasteiger partial charge in [0.25, 0.3) is 0 Å². The van der Waals surface area contributed by atoms with Crippen LogP contribution < -0.4 is 5.32 Å². The Hall–Kier alpha value is -0.610. The molecule has 1 fully saturated rings. The maximum Gasteiger partial charge on any atom is 0.221 e. The lowest BCUT2D eigenvalue weighted by molar-refractivity contribution is -0.125. The number of likely N-dealkylation sites (tertiary alicyclic amines) is 1. The van der Waals surface area contributed by atoms with Crippen molar-refractivity contribution in [3.8, 4) is 0 Å². The van der Waals surface area contributed by atoms with Gasteiger partial charge >= 0.3 is 0 Å². The summed E-state index contributed by atoms with van der Waals surface area (Å²) in [5.74, 6) is 0.100. The van der Waals surface area contributed by atoms with Crippen LogP contribution in [0.5, 0.6) is 0 Å². The fourth-order valence-electron chi connectivity index (χ4n) is 2.11. The van der Waals surface area contributed by atoms with Gasteiger partial charge in [-0.2, -0.15) is 0 Å². The maximum absolute atomic E-state index is 11.2. The minimum absolute atomic E-state index is 0.100. The summed E-state index contributed by atoms with van der Waals surface area (Å²) in [6.45, 7) is 6.90. The van der Waals surface area contributed by atoms with Gasteiger partial charge in [0.05, 0.1) is 5.60 Å². The topological polar surface area (TPSA) is 52.6 Å². The zero-order valence-corrected chi connectivity index (χ0v) is 9.75. The third-order valence-electron chi connectivity index (χ3n) is 2.78. The molecule has 88 valence electrons. The minimum Gasteiger partial charge on any atom is -0.387 e. The molecule has 0 aliphatic carbocycles. The van der Waals surface area contributed by atoms with E-state index >= 15 is 0 Å². The summed E-state index contributed by atoms with van der Waals surface area (Å²) in [6, 6.07) is 0. The molecule has 0 aromatic rings. The molecule has 15 heavy (non-hydrogen) atoms. The van der Waals surface area contributed by atoms with Crippen LogP contribution in [0, 0.1) is 0 Å². The van der Waals surface area contributed by atoms with Gasteiger partial charge in [0.15, 0.2) is 0 Å². The minimum atomic E-state index is -0.476. The van der Waals surface area contributed by atoms with Crippen molar-refractivity contribution >= 4 is 5.91 Å². The van der Waals surface area contributed by atoms with Gasteiger partial charge in [0.2, 0.25) is 5.91 Å². The quantitative estimate of drug-likeness (QED) is 0.671. The van der Waals surface area contributed by atoms with Crippen molar-refractivity contribution in [3.05, 3.63) is 0 Å². The lowest BCUT2D eigenvalue weighted by Gasteiger charge is -2.46. The second-order valence-corrected chi connectivity index (χ2v) is 4.39. The lowest BCUT2D eigenvalue weighted by atomic mass is 9.89. The number of aliphatic hydroxyl groups is 1. The normalized spacial score (nSPS) is 19.7. The van der Waals surface area contributed by atoms with Crippen LogP contribution in [0.4, 0.5) is 0 Å². The van der Waals surface area contributed by atoms with Gasteiger partial charge in [-0.05, 0) is 13.3 Å². The molecule has 0 bridgehead atoms. The number of nitrogens with zero attached hydrogens (tertiary/aromatic N) is 1. The average molecular weight is 214 g/mol. The van der Waals surface area contributed by atoms with Crippen LogP contribution in [0.3, 0.4) is 0 Å². The highest BCUT2D eigenvalue weighted by molar-refractivity contribution is 5.75. The molecule has 4 nitrogen and oxygen atoms in total. The highest BCUT2D eigenvalue weighted by atomic mass is 16.3. The highest BCUT2D eigenvalue weighted by Gasteiger charge is 2.39.